The topological polar surface area (TPSA) is 20.3 Å². The van der Waals surface area contributed by atoms with E-state index in [0.717, 1.165) is 32.2 Å². The standard InChI is InChI=1S/C20H21NO/c22-20-10-4-8-16-11-12-17(15-6-2-1-3-7-15)14-18(16)19-9-5-13-21(19)20/h1-3,6-7,11-12,14,19H,4-5,8-10,13H2. The van der Waals surface area contributed by atoms with Crippen molar-refractivity contribution in [1.29, 1.82) is 0 Å². The number of fused-ring (bicyclic) bond motifs is 3. The van der Waals surface area contributed by atoms with Gasteiger partial charge in [0.05, 0.1) is 6.04 Å². The van der Waals surface area contributed by atoms with E-state index < -0.39 is 0 Å². The van der Waals surface area contributed by atoms with Crippen LogP contribution in [-0.4, -0.2) is 17.4 Å². The molecule has 1 atom stereocenters. The van der Waals surface area contributed by atoms with Crippen molar-refractivity contribution in [3.63, 3.8) is 0 Å². The molecule has 1 unspecified atom stereocenters. The molecule has 1 fully saturated rings. The summed E-state index contributed by atoms with van der Waals surface area (Å²) in [6.07, 6.45) is 4.94. The molecule has 2 aromatic carbocycles. The van der Waals surface area contributed by atoms with Crippen molar-refractivity contribution in [2.45, 2.75) is 38.1 Å². The summed E-state index contributed by atoms with van der Waals surface area (Å²) in [5.74, 6) is 0.346. The Labute approximate surface area is 131 Å². The molecule has 0 aliphatic carbocycles. The van der Waals surface area contributed by atoms with Crippen LogP contribution < -0.4 is 0 Å². The normalized spacial score (nSPS) is 21.0. The van der Waals surface area contributed by atoms with E-state index in [2.05, 4.69) is 53.4 Å². The Morgan fingerprint density at radius 2 is 1.77 bits per heavy atom. The Bertz CT molecular complexity index is 692. The van der Waals surface area contributed by atoms with E-state index in [1.807, 2.05) is 0 Å². The molecular formula is C20H21NO. The molecule has 0 aromatic heterocycles. The van der Waals surface area contributed by atoms with Gasteiger partial charge in [0.1, 0.15) is 0 Å². The van der Waals surface area contributed by atoms with Gasteiger partial charge >= 0.3 is 0 Å². The monoisotopic (exact) mass is 291 g/mol. The van der Waals surface area contributed by atoms with Crippen LogP contribution >= 0.6 is 0 Å². The minimum absolute atomic E-state index is 0.298. The first-order valence-corrected chi connectivity index (χ1v) is 8.30. The Kier molecular flexibility index (Phi) is 3.45. The fourth-order valence-electron chi connectivity index (χ4n) is 3.91. The second-order valence-corrected chi connectivity index (χ2v) is 6.38. The fourth-order valence-corrected chi connectivity index (χ4v) is 3.91. The molecule has 0 radical (unpaired) electrons. The van der Waals surface area contributed by atoms with Gasteiger partial charge in [-0.3, -0.25) is 4.79 Å². The molecule has 0 saturated carbocycles. The molecule has 1 amide bonds. The van der Waals surface area contributed by atoms with Crippen molar-refractivity contribution in [2.75, 3.05) is 6.54 Å². The lowest BCUT2D eigenvalue weighted by Gasteiger charge is -2.29. The summed E-state index contributed by atoms with van der Waals surface area (Å²) in [6.45, 7) is 0.929. The summed E-state index contributed by atoms with van der Waals surface area (Å²) >= 11 is 0. The van der Waals surface area contributed by atoms with Crippen molar-refractivity contribution in [2.24, 2.45) is 0 Å². The van der Waals surface area contributed by atoms with Gasteiger partial charge in [-0.25, -0.2) is 0 Å². The first kappa shape index (κ1) is 13.6. The molecule has 2 heteroatoms. The van der Waals surface area contributed by atoms with E-state index in [1.165, 1.54) is 22.3 Å². The zero-order valence-corrected chi connectivity index (χ0v) is 12.8. The van der Waals surface area contributed by atoms with Gasteiger partial charge in [-0.05, 0) is 54.0 Å². The molecule has 0 N–H and O–H groups in total. The molecule has 2 aromatic rings. The predicted octanol–water partition coefficient (Wildman–Crippen LogP) is 4.35. The molecule has 2 nitrogen and oxygen atoms in total. The van der Waals surface area contributed by atoms with Crippen molar-refractivity contribution in [3.05, 3.63) is 59.7 Å². The van der Waals surface area contributed by atoms with E-state index >= 15 is 0 Å². The molecule has 112 valence electrons. The van der Waals surface area contributed by atoms with Crippen molar-refractivity contribution < 1.29 is 4.79 Å². The lowest BCUT2D eigenvalue weighted by atomic mass is 9.90. The second-order valence-electron chi connectivity index (χ2n) is 6.38. The Hall–Kier alpha value is -2.09. The predicted molar refractivity (Wildman–Crippen MR) is 88.5 cm³/mol. The van der Waals surface area contributed by atoms with Gasteiger partial charge in [-0.2, -0.15) is 0 Å². The summed E-state index contributed by atoms with van der Waals surface area (Å²) in [5.41, 5.74) is 5.33. The zero-order chi connectivity index (χ0) is 14.9. The highest BCUT2D eigenvalue weighted by molar-refractivity contribution is 5.77. The van der Waals surface area contributed by atoms with Gasteiger partial charge in [0, 0.05) is 13.0 Å². The van der Waals surface area contributed by atoms with E-state index in [0.29, 0.717) is 18.4 Å². The summed E-state index contributed by atoms with van der Waals surface area (Å²) < 4.78 is 0. The fraction of sp³-hybridized carbons (Fsp3) is 0.350. The smallest absolute Gasteiger partial charge is 0.223 e. The van der Waals surface area contributed by atoms with Gasteiger partial charge < -0.3 is 4.90 Å². The average Bonchev–Trinajstić information content (AvgIpc) is 3.03. The highest BCUT2D eigenvalue weighted by Crippen LogP contribution is 2.38. The first-order valence-electron chi connectivity index (χ1n) is 8.30. The number of hydrogen-bond acceptors (Lipinski definition) is 1. The largest absolute Gasteiger partial charge is 0.336 e. The number of carbonyl (C=O) groups excluding carboxylic acids is 1. The molecule has 2 aliphatic rings. The van der Waals surface area contributed by atoms with Crippen LogP contribution in [0.5, 0.6) is 0 Å². The van der Waals surface area contributed by atoms with Crippen LogP contribution in [0.15, 0.2) is 48.5 Å². The summed E-state index contributed by atoms with van der Waals surface area (Å²) in [6, 6.07) is 17.7. The number of aryl methyl sites for hydroxylation is 1. The van der Waals surface area contributed by atoms with Crippen LogP contribution in [0.25, 0.3) is 11.1 Å². The van der Waals surface area contributed by atoms with Gasteiger partial charge in [-0.1, -0.05) is 42.5 Å². The number of nitrogens with zero attached hydrogens (tertiary/aromatic N) is 1. The number of hydrogen-bond donors (Lipinski definition) is 0. The average molecular weight is 291 g/mol. The molecule has 2 heterocycles. The third-order valence-corrected chi connectivity index (χ3v) is 5.02. The van der Waals surface area contributed by atoms with Gasteiger partial charge in [0.15, 0.2) is 0 Å². The van der Waals surface area contributed by atoms with Crippen molar-refractivity contribution in [1.82, 2.24) is 4.90 Å². The molecule has 22 heavy (non-hydrogen) atoms. The van der Waals surface area contributed by atoms with Crippen LogP contribution in [0.4, 0.5) is 0 Å². The van der Waals surface area contributed by atoms with Crippen LogP contribution in [0.1, 0.15) is 42.9 Å². The Morgan fingerprint density at radius 3 is 2.64 bits per heavy atom. The maximum absolute atomic E-state index is 12.3. The van der Waals surface area contributed by atoms with Gasteiger partial charge in [-0.15, -0.1) is 0 Å². The van der Waals surface area contributed by atoms with E-state index in [4.69, 9.17) is 0 Å². The highest BCUT2D eigenvalue weighted by Gasteiger charge is 2.32. The number of carbonyl (C=O) groups is 1. The van der Waals surface area contributed by atoms with Crippen LogP contribution in [-0.2, 0) is 11.2 Å². The van der Waals surface area contributed by atoms with Gasteiger partial charge in [0.25, 0.3) is 0 Å². The number of benzene rings is 2. The molecule has 4 rings (SSSR count). The third-order valence-electron chi connectivity index (χ3n) is 5.02. The first-order chi connectivity index (χ1) is 10.8. The molecule has 0 spiro atoms. The van der Waals surface area contributed by atoms with Crippen LogP contribution in [0.3, 0.4) is 0 Å². The SMILES string of the molecule is O=C1CCCc2ccc(-c3ccccc3)cc2C2CCCN12. The van der Waals surface area contributed by atoms with Crippen molar-refractivity contribution in [3.8, 4) is 11.1 Å². The molecule has 2 aliphatic heterocycles. The zero-order valence-electron chi connectivity index (χ0n) is 12.8. The lowest BCUT2D eigenvalue weighted by Crippen LogP contribution is -2.32. The summed E-state index contributed by atoms with van der Waals surface area (Å²) in [7, 11) is 0. The van der Waals surface area contributed by atoms with E-state index in [9.17, 15) is 4.79 Å². The Morgan fingerprint density at radius 1 is 0.909 bits per heavy atom. The van der Waals surface area contributed by atoms with Crippen molar-refractivity contribution >= 4 is 5.91 Å². The minimum atomic E-state index is 0.298. The quantitative estimate of drug-likeness (QED) is 0.764. The number of rotatable bonds is 1. The van der Waals surface area contributed by atoms with Crippen LogP contribution in [0.2, 0.25) is 0 Å². The molecular weight excluding hydrogens is 270 g/mol. The summed E-state index contributed by atoms with van der Waals surface area (Å²) in [4.78, 5) is 14.5. The third kappa shape index (κ3) is 2.33. The van der Waals surface area contributed by atoms with Gasteiger partial charge in [0.2, 0.25) is 5.91 Å². The lowest BCUT2D eigenvalue weighted by molar-refractivity contribution is -0.132. The Balaban J connectivity index is 1.80. The molecule has 0 bridgehead atoms. The summed E-state index contributed by atoms with van der Waals surface area (Å²) in [5, 5.41) is 0. The minimum Gasteiger partial charge on any atom is -0.336 e. The van der Waals surface area contributed by atoms with E-state index in [-0.39, 0.29) is 0 Å². The van der Waals surface area contributed by atoms with Crippen LogP contribution in [0, 0.1) is 0 Å². The van der Waals surface area contributed by atoms with E-state index in [1.54, 1.807) is 0 Å². The maximum Gasteiger partial charge on any atom is 0.223 e. The maximum atomic E-state index is 12.3. The highest BCUT2D eigenvalue weighted by atomic mass is 16.2. The number of amides is 1. The molecule has 1 saturated heterocycles. The second kappa shape index (κ2) is 5.60.